The Bertz CT molecular complexity index is 422. The first kappa shape index (κ1) is 10.3. The number of nitrogens with zero attached hydrogens (tertiary/aromatic N) is 1. The molecule has 1 heterocycles. The highest BCUT2D eigenvalue weighted by atomic mass is 35.5. The van der Waals surface area contributed by atoms with E-state index in [1.54, 1.807) is 30.7 Å². The fourth-order valence-corrected chi connectivity index (χ4v) is 1.70. The van der Waals surface area contributed by atoms with Crippen molar-refractivity contribution in [1.29, 1.82) is 0 Å². The highest BCUT2D eigenvalue weighted by molar-refractivity contribution is 6.35. The van der Waals surface area contributed by atoms with E-state index in [1.165, 1.54) is 0 Å². The minimum absolute atomic E-state index is 0.607. The Morgan fingerprint density at radius 2 is 1.93 bits per heavy atom. The second-order valence-electron chi connectivity index (χ2n) is 3.04. The number of benzene rings is 1. The Morgan fingerprint density at radius 3 is 2.53 bits per heavy atom. The van der Waals surface area contributed by atoms with Crippen LogP contribution in [0.3, 0.4) is 0 Å². The van der Waals surface area contributed by atoms with Crippen molar-refractivity contribution >= 4 is 28.9 Å². The first-order valence-electron chi connectivity index (χ1n) is 4.32. The van der Waals surface area contributed by atoms with Crippen molar-refractivity contribution in [3.05, 3.63) is 46.3 Å². The molecular formula is C10H8Cl2N2O. The van der Waals surface area contributed by atoms with Crippen molar-refractivity contribution in [2.75, 3.05) is 5.32 Å². The molecule has 0 atom stereocenters. The summed E-state index contributed by atoms with van der Waals surface area (Å²) in [6.07, 6.45) is 3.23. The lowest BCUT2D eigenvalue weighted by Gasteiger charge is -2.05. The van der Waals surface area contributed by atoms with Crippen molar-refractivity contribution in [2.24, 2.45) is 0 Å². The van der Waals surface area contributed by atoms with Gasteiger partial charge in [-0.2, -0.15) is 0 Å². The summed E-state index contributed by atoms with van der Waals surface area (Å²) in [5, 5.41) is 7.98. The molecule has 5 heteroatoms. The fraction of sp³-hybridized carbons (Fsp3) is 0.100. The molecule has 0 radical (unpaired) electrons. The normalized spacial score (nSPS) is 10.3. The molecule has 3 nitrogen and oxygen atoms in total. The predicted octanol–water partition coefficient (Wildman–Crippen LogP) is 3.59. The van der Waals surface area contributed by atoms with Gasteiger partial charge >= 0.3 is 0 Å². The second kappa shape index (κ2) is 4.55. The maximum atomic E-state index is 5.86. The number of hydrogen-bond acceptors (Lipinski definition) is 3. The van der Waals surface area contributed by atoms with E-state index in [0.29, 0.717) is 16.6 Å². The monoisotopic (exact) mass is 242 g/mol. The van der Waals surface area contributed by atoms with E-state index >= 15 is 0 Å². The minimum atomic E-state index is 0.607. The maximum absolute atomic E-state index is 5.86. The predicted molar refractivity (Wildman–Crippen MR) is 60.3 cm³/mol. The lowest BCUT2D eigenvalue weighted by Crippen LogP contribution is -1.97. The molecule has 2 rings (SSSR count). The van der Waals surface area contributed by atoms with Crippen LogP contribution >= 0.6 is 23.2 Å². The van der Waals surface area contributed by atoms with Gasteiger partial charge in [-0.1, -0.05) is 28.4 Å². The number of anilines is 1. The molecule has 0 fully saturated rings. The van der Waals surface area contributed by atoms with Gasteiger partial charge in [0.2, 0.25) is 0 Å². The van der Waals surface area contributed by atoms with Gasteiger partial charge < -0.3 is 9.84 Å². The van der Waals surface area contributed by atoms with Crippen molar-refractivity contribution in [1.82, 2.24) is 5.16 Å². The van der Waals surface area contributed by atoms with E-state index in [9.17, 15) is 0 Å². The zero-order valence-corrected chi connectivity index (χ0v) is 9.22. The molecule has 1 aromatic heterocycles. The molecule has 0 unspecified atom stereocenters. The van der Waals surface area contributed by atoms with Gasteiger partial charge in [-0.25, -0.2) is 0 Å². The summed E-state index contributed by atoms with van der Waals surface area (Å²) in [5.41, 5.74) is 1.83. The van der Waals surface area contributed by atoms with Crippen LogP contribution in [-0.2, 0) is 6.54 Å². The van der Waals surface area contributed by atoms with Crippen LogP contribution in [0.2, 0.25) is 10.0 Å². The molecule has 0 bridgehead atoms. The molecule has 0 aliphatic rings. The third-order valence-electron chi connectivity index (χ3n) is 1.84. The second-order valence-corrected chi connectivity index (χ2v) is 3.92. The number of halogens is 2. The highest BCUT2D eigenvalue weighted by Crippen LogP contribution is 2.22. The molecule has 0 saturated carbocycles. The molecule has 2 aromatic rings. The van der Waals surface area contributed by atoms with E-state index < -0.39 is 0 Å². The van der Waals surface area contributed by atoms with E-state index in [2.05, 4.69) is 10.5 Å². The highest BCUT2D eigenvalue weighted by Gasteiger charge is 1.99. The summed E-state index contributed by atoms with van der Waals surface area (Å²) in [7, 11) is 0. The van der Waals surface area contributed by atoms with Crippen LogP contribution in [0.1, 0.15) is 5.56 Å². The molecular weight excluding hydrogens is 235 g/mol. The Labute approximate surface area is 97.0 Å². The van der Waals surface area contributed by atoms with Gasteiger partial charge in [0.05, 0.1) is 6.20 Å². The van der Waals surface area contributed by atoms with Gasteiger partial charge in [0.1, 0.15) is 6.26 Å². The Morgan fingerprint density at radius 1 is 1.20 bits per heavy atom. The number of hydrogen-bond donors (Lipinski definition) is 1. The largest absolute Gasteiger partial charge is 0.381 e. The summed E-state index contributed by atoms with van der Waals surface area (Å²) in [6.45, 7) is 0.625. The van der Waals surface area contributed by atoms with Gasteiger partial charge in [-0.05, 0) is 18.2 Å². The van der Waals surface area contributed by atoms with Crippen LogP contribution in [0.4, 0.5) is 5.69 Å². The van der Waals surface area contributed by atoms with Gasteiger partial charge in [0, 0.05) is 27.8 Å². The molecule has 0 aliphatic heterocycles. The van der Waals surface area contributed by atoms with E-state index in [0.717, 1.165) is 11.3 Å². The maximum Gasteiger partial charge on any atom is 0.128 e. The smallest absolute Gasteiger partial charge is 0.128 e. The van der Waals surface area contributed by atoms with Gasteiger partial charge in [-0.15, -0.1) is 0 Å². The van der Waals surface area contributed by atoms with Crippen LogP contribution < -0.4 is 5.32 Å². The zero-order chi connectivity index (χ0) is 10.7. The molecule has 0 amide bonds. The summed E-state index contributed by atoms with van der Waals surface area (Å²) in [4.78, 5) is 0. The Hall–Kier alpha value is -1.19. The zero-order valence-electron chi connectivity index (χ0n) is 7.71. The first-order chi connectivity index (χ1) is 7.24. The van der Waals surface area contributed by atoms with Crippen LogP contribution in [-0.4, -0.2) is 5.16 Å². The Kier molecular flexibility index (Phi) is 3.14. The molecule has 0 saturated heterocycles. The molecule has 0 aliphatic carbocycles. The summed E-state index contributed by atoms with van der Waals surface area (Å²) in [5.74, 6) is 0. The average Bonchev–Trinajstić information content (AvgIpc) is 2.65. The lowest BCUT2D eigenvalue weighted by molar-refractivity contribution is 0.419. The molecule has 1 N–H and O–H groups in total. The molecule has 78 valence electrons. The first-order valence-corrected chi connectivity index (χ1v) is 5.08. The van der Waals surface area contributed by atoms with Crippen molar-refractivity contribution in [2.45, 2.75) is 6.54 Å². The topological polar surface area (TPSA) is 38.1 Å². The van der Waals surface area contributed by atoms with Crippen LogP contribution in [0.5, 0.6) is 0 Å². The fourth-order valence-electron chi connectivity index (χ4n) is 1.17. The molecule has 15 heavy (non-hydrogen) atoms. The lowest BCUT2D eigenvalue weighted by atomic mass is 10.3. The standard InChI is InChI=1S/C10H8Cl2N2O/c11-8-1-9(12)3-10(2-8)13-4-7-5-14-15-6-7/h1-3,5-6,13H,4H2. The number of nitrogens with one attached hydrogen (secondary N) is 1. The van der Waals surface area contributed by atoms with E-state index in [4.69, 9.17) is 27.7 Å². The third-order valence-corrected chi connectivity index (χ3v) is 2.28. The number of aromatic nitrogens is 1. The van der Waals surface area contributed by atoms with Gasteiger partial charge in [-0.3, -0.25) is 0 Å². The van der Waals surface area contributed by atoms with Gasteiger partial charge in [0.15, 0.2) is 0 Å². The quantitative estimate of drug-likeness (QED) is 0.894. The van der Waals surface area contributed by atoms with Crippen LogP contribution in [0.25, 0.3) is 0 Å². The third kappa shape index (κ3) is 2.88. The van der Waals surface area contributed by atoms with Crippen LogP contribution in [0, 0.1) is 0 Å². The SMILES string of the molecule is Clc1cc(Cl)cc(NCc2cnoc2)c1. The molecule has 1 aromatic carbocycles. The van der Waals surface area contributed by atoms with Crippen molar-refractivity contribution in [3.8, 4) is 0 Å². The molecule has 0 spiro atoms. The van der Waals surface area contributed by atoms with E-state index in [1.807, 2.05) is 0 Å². The summed E-state index contributed by atoms with van der Waals surface area (Å²) >= 11 is 11.7. The van der Waals surface area contributed by atoms with Gasteiger partial charge in [0.25, 0.3) is 0 Å². The summed E-state index contributed by atoms with van der Waals surface area (Å²) in [6, 6.07) is 5.30. The minimum Gasteiger partial charge on any atom is -0.381 e. The Balaban J connectivity index is 2.05. The van der Waals surface area contributed by atoms with Crippen LogP contribution in [0.15, 0.2) is 35.2 Å². The summed E-state index contributed by atoms with van der Waals surface area (Å²) < 4.78 is 4.71. The van der Waals surface area contributed by atoms with Crippen molar-refractivity contribution in [3.63, 3.8) is 0 Å². The number of rotatable bonds is 3. The van der Waals surface area contributed by atoms with E-state index in [-0.39, 0.29) is 0 Å². The van der Waals surface area contributed by atoms with Crippen molar-refractivity contribution < 1.29 is 4.52 Å². The average molecular weight is 243 g/mol.